The van der Waals surface area contributed by atoms with Crippen molar-refractivity contribution in [2.75, 3.05) is 47.1 Å². The average molecular weight is 329 g/mol. The molecule has 1 aliphatic heterocycles. The van der Waals surface area contributed by atoms with Crippen LogP contribution in [-0.4, -0.2) is 65.2 Å². The molecule has 1 heterocycles. The Bertz CT molecular complexity index is 336. The average Bonchev–Trinajstić information content (AvgIpc) is 3.01. The summed E-state index contributed by atoms with van der Waals surface area (Å²) in [4.78, 5) is 4.24. The monoisotopic (exact) mass is 329 g/mol. The van der Waals surface area contributed by atoms with Crippen LogP contribution < -0.4 is 10.6 Å². The molecule has 1 rings (SSSR count). The van der Waals surface area contributed by atoms with Crippen LogP contribution in [0.1, 0.15) is 40.0 Å². The predicted octanol–water partition coefficient (Wildman–Crippen LogP) is 1.80. The van der Waals surface area contributed by atoms with Crippen molar-refractivity contribution in [2.45, 2.75) is 52.2 Å². The molecule has 0 bridgehead atoms. The third-order valence-corrected chi connectivity index (χ3v) is 4.01. The first kappa shape index (κ1) is 20.2. The molecule has 0 amide bonds. The van der Waals surface area contributed by atoms with E-state index in [-0.39, 0.29) is 11.5 Å². The molecule has 2 atom stereocenters. The molecular formula is C17H35N3O3. The van der Waals surface area contributed by atoms with Crippen molar-refractivity contribution in [3.05, 3.63) is 0 Å². The minimum atomic E-state index is 0.0940. The van der Waals surface area contributed by atoms with Gasteiger partial charge in [-0.25, -0.2) is 0 Å². The van der Waals surface area contributed by atoms with Crippen LogP contribution in [-0.2, 0) is 14.2 Å². The number of nitrogens with zero attached hydrogens (tertiary/aromatic N) is 1. The lowest BCUT2D eigenvalue weighted by Crippen LogP contribution is -2.45. The molecule has 2 unspecified atom stereocenters. The minimum absolute atomic E-state index is 0.0940. The highest BCUT2D eigenvalue weighted by molar-refractivity contribution is 5.79. The van der Waals surface area contributed by atoms with Gasteiger partial charge in [0.25, 0.3) is 0 Å². The normalized spacial score (nSPS) is 20.6. The Morgan fingerprint density at radius 2 is 2.13 bits per heavy atom. The first-order valence-electron chi connectivity index (χ1n) is 8.64. The molecular weight excluding hydrogens is 294 g/mol. The van der Waals surface area contributed by atoms with Crippen LogP contribution in [0.2, 0.25) is 0 Å². The standard InChI is InChI=1S/C17H35N3O3/c1-17(2,3)15(21-5)12-20-16(18-4)19-9-7-10-22-13-14-8-6-11-23-14/h14-15H,6-13H2,1-5H3,(H2,18,19,20). The second kappa shape index (κ2) is 10.8. The van der Waals surface area contributed by atoms with Crippen LogP contribution in [0.25, 0.3) is 0 Å². The zero-order valence-electron chi connectivity index (χ0n) is 15.5. The minimum Gasteiger partial charge on any atom is -0.379 e. The second-order valence-corrected chi connectivity index (χ2v) is 7.03. The van der Waals surface area contributed by atoms with E-state index in [2.05, 4.69) is 36.4 Å². The van der Waals surface area contributed by atoms with Gasteiger partial charge in [-0.2, -0.15) is 0 Å². The van der Waals surface area contributed by atoms with Crippen molar-refractivity contribution in [1.82, 2.24) is 10.6 Å². The van der Waals surface area contributed by atoms with Crippen LogP contribution in [0.4, 0.5) is 0 Å². The number of nitrogens with one attached hydrogen (secondary N) is 2. The van der Waals surface area contributed by atoms with E-state index in [4.69, 9.17) is 14.2 Å². The van der Waals surface area contributed by atoms with E-state index in [1.54, 1.807) is 14.2 Å². The highest BCUT2D eigenvalue weighted by Crippen LogP contribution is 2.20. The molecule has 0 aromatic rings. The maximum absolute atomic E-state index is 5.65. The third kappa shape index (κ3) is 8.53. The molecule has 1 fully saturated rings. The van der Waals surface area contributed by atoms with E-state index >= 15 is 0 Å². The Morgan fingerprint density at radius 3 is 2.70 bits per heavy atom. The summed E-state index contributed by atoms with van der Waals surface area (Å²) in [5.74, 6) is 0.801. The van der Waals surface area contributed by atoms with Crippen LogP contribution in [0.3, 0.4) is 0 Å². The van der Waals surface area contributed by atoms with E-state index in [0.717, 1.165) is 51.5 Å². The van der Waals surface area contributed by atoms with Crippen molar-refractivity contribution >= 4 is 5.96 Å². The molecule has 6 nitrogen and oxygen atoms in total. The summed E-state index contributed by atoms with van der Waals surface area (Å²) in [6, 6.07) is 0. The number of aliphatic imine (C=N–C) groups is 1. The molecule has 0 aromatic heterocycles. The molecule has 0 aliphatic carbocycles. The second-order valence-electron chi connectivity index (χ2n) is 7.03. The van der Waals surface area contributed by atoms with Crippen molar-refractivity contribution in [2.24, 2.45) is 10.4 Å². The van der Waals surface area contributed by atoms with Crippen LogP contribution in [0.15, 0.2) is 4.99 Å². The Kier molecular flexibility index (Phi) is 9.52. The maximum Gasteiger partial charge on any atom is 0.191 e. The third-order valence-electron chi connectivity index (χ3n) is 4.01. The fourth-order valence-corrected chi connectivity index (χ4v) is 2.52. The molecule has 0 aromatic carbocycles. The van der Waals surface area contributed by atoms with Gasteiger partial charge in [-0.15, -0.1) is 0 Å². The summed E-state index contributed by atoms with van der Waals surface area (Å²) in [7, 11) is 3.53. The van der Waals surface area contributed by atoms with Gasteiger partial charge in [0.2, 0.25) is 0 Å². The van der Waals surface area contributed by atoms with Gasteiger partial charge < -0.3 is 24.8 Å². The Balaban J connectivity index is 2.09. The first-order valence-corrected chi connectivity index (χ1v) is 8.64. The van der Waals surface area contributed by atoms with Crippen molar-refractivity contribution in [3.8, 4) is 0 Å². The smallest absolute Gasteiger partial charge is 0.191 e. The molecule has 1 aliphatic rings. The van der Waals surface area contributed by atoms with Crippen LogP contribution in [0, 0.1) is 5.41 Å². The number of hydrogen-bond donors (Lipinski definition) is 2. The van der Waals surface area contributed by atoms with Crippen molar-refractivity contribution < 1.29 is 14.2 Å². The zero-order chi connectivity index (χ0) is 17.1. The summed E-state index contributed by atoms with van der Waals surface area (Å²) in [6.45, 7) is 10.4. The highest BCUT2D eigenvalue weighted by Gasteiger charge is 2.24. The van der Waals surface area contributed by atoms with Crippen molar-refractivity contribution in [3.63, 3.8) is 0 Å². The molecule has 0 spiro atoms. The van der Waals surface area contributed by atoms with Crippen LogP contribution >= 0.6 is 0 Å². The highest BCUT2D eigenvalue weighted by atomic mass is 16.5. The van der Waals surface area contributed by atoms with Gasteiger partial charge >= 0.3 is 0 Å². The van der Waals surface area contributed by atoms with Crippen LogP contribution in [0.5, 0.6) is 0 Å². The number of hydrogen-bond acceptors (Lipinski definition) is 4. The van der Waals surface area contributed by atoms with Gasteiger partial charge in [-0.05, 0) is 24.7 Å². The van der Waals surface area contributed by atoms with E-state index < -0.39 is 0 Å². The lowest BCUT2D eigenvalue weighted by Gasteiger charge is -2.30. The summed E-state index contributed by atoms with van der Waals surface area (Å²) >= 11 is 0. The van der Waals surface area contributed by atoms with E-state index in [9.17, 15) is 0 Å². The van der Waals surface area contributed by atoms with E-state index in [0.29, 0.717) is 12.7 Å². The van der Waals surface area contributed by atoms with Gasteiger partial charge in [0.15, 0.2) is 5.96 Å². The van der Waals surface area contributed by atoms with Gasteiger partial charge in [-0.3, -0.25) is 4.99 Å². The van der Waals surface area contributed by atoms with Gasteiger partial charge in [0, 0.05) is 40.5 Å². The lowest BCUT2D eigenvalue weighted by molar-refractivity contribution is 0.0167. The van der Waals surface area contributed by atoms with Gasteiger partial charge in [-0.1, -0.05) is 20.8 Å². The van der Waals surface area contributed by atoms with Crippen molar-refractivity contribution in [1.29, 1.82) is 0 Å². The Labute approximate surface area is 141 Å². The number of methoxy groups -OCH3 is 1. The van der Waals surface area contributed by atoms with Gasteiger partial charge in [0.1, 0.15) is 0 Å². The molecule has 1 saturated heterocycles. The lowest BCUT2D eigenvalue weighted by atomic mass is 9.89. The predicted molar refractivity (Wildman–Crippen MR) is 94.0 cm³/mol. The molecule has 0 saturated carbocycles. The van der Waals surface area contributed by atoms with Gasteiger partial charge in [0.05, 0.1) is 18.8 Å². The topological polar surface area (TPSA) is 64.1 Å². The largest absolute Gasteiger partial charge is 0.379 e. The Hall–Kier alpha value is -0.850. The SMILES string of the molecule is CN=C(NCCCOCC1CCCO1)NCC(OC)C(C)(C)C. The quantitative estimate of drug-likeness (QED) is 0.384. The number of rotatable bonds is 9. The fourth-order valence-electron chi connectivity index (χ4n) is 2.52. The molecule has 136 valence electrons. The fraction of sp³-hybridized carbons (Fsp3) is 0.941. The summed E-state index contributed by atoms with van der Waals surface area (Å²) < 4.78 is 16.7. The maximum atomic E-state index is 5.65. The summed E-state index contributed by atoms with van der Waals surface area (Å²) in [6.07, 6.45) is 3.68. The summed E-state index contributed by atoms with van der Waals surface area (Å²) in [5, 5.41) is 6.62. The van der Waals surface area contributed by atoms with E-state index in [1.165, 1.54) is 0 Å². The Morgan fingerprint density at radius 1 is 1.35 bits per heavy atom. The van der Waals surface area contributed by atoms with E-state index in [1.807, 2.05) is 0 Å². The molecule has 6 heteroatoms. The zero-order valence-corrected chi connectivity index (χ0v) is 15.5. The summed E-state index contributed by atoms with van der Waals surface area (Å²) in [5.41, 5.74) is 0.0940. The number of ether oxygens (including phenoxy) is 3. The molecule has 23 heavy (non-hydrogen) atoms. The first-order chi connectivity index (χ1) is 11.0. The molecule has 2 N–H and O–H groups in total. The number of guanidine groups is 1. The molecule has 0 radical (unpaired) electrons.